The molecule has 0 radical (unpaired) electrons. The van der Waals surface area contributed by atoms with Gasteiger partial charge in [0.15, 0.2) is 5.65 Å². The van der Waals surface area contributed by atoms with Gasteiger partial charge in [-0.2, -0.15) is 0 Å². The number of hydrogen-bond donors (Lipinski definition) is 1. The Labute approximate surface area is 127 Å². The van der Waals surface area contributed by atoms with Crippen molar-refractivity contribution < 1.29 is 9.53 Å². The summed E-state index contributed by atoms with van der Waals surface area (Å²) in [6, 6.07) is 13.3. The molecular weight excluding hydrogens is 280 g/mol. The summed E-state index contributed by atoms with van der Waals surface area (Å²) in [5.41, 5.74) is 2.45. The number of nitrogens with zero attached hydrogens (tertiary/aromatic N) is 3. The number of hydrogen-bond acceptors (Lipinski definition) is 4. The number of nitrogens with one attached hydrogen (secondary N) is 1. The minimum Gasteiger partial charge on any atom is -0.445 e. The van der Waals surface area contributed by atoms with Gasteiger partial charge in [0.1, 0.15) is 12.4 Å². The van der Waals surface area contributed by atoms with Crippen molar-refractivity contribution in [1.29, 1.82) is 0 Å². The first kappa shape index (κ1) is 14.1. The maximum atomic E-state index is 12.0. The number of ether oxygens (including phenoxy) is 1. The molecule has 2 aromatic heterocycles. The van der Waals surface area contributed by atoms with Gasteiger partial charge < -0.3 is 14.6 Å². The van der Waals surface area contributed by atoms with Crippen LogP contribution in [0.2, 0.25) is 0 Å². The largest absolute Gasteiger partial charge is 0.445 e. The Balaban J connectivity index is 1.58. The highest BCUT2D eigenvalue weighted by molar-refractivity contribution is 5.70. The Morgan fingerprint density at radius 2 is 2.05 bits per heavy atom. The molecule has 112 valence electrons. The summed E-state index contributed by atoms with van der Waals surface area (Å²) < 4.78 is 5.27. The fraction of sp³-hybridized carbons (Fsp3) is 0.188. The van der Waals surface area contributed by atoms with Crippen molar-refractivity contribution in [3.8, 4) is 0 Å². The number of fused-ring (bicyclic) bond motifs is 1. The second-order valence-corrected chi connectivity index (χ2v) is 4.95. The fourth-order valence-corrected chi connectivity index (χ4v) is 2.09. The van der Waals surface area contributed by atoms with Crippen LogP contribution in [0.15, 0.2) is 48.7 Å². The zero-order chi connectivity index (χ0) is 15.4. The quantitative estimate of drug-likeness (QED) is 0.803. The highest BCUT2D eigenvalue weighted by Gasteiger charge is 2.13. The van der Waals surface area contributed by atoms with Crippen molar-refractivity contribution in [1.82, 2.24) is 19.9 Å². The van der Waals surface area contributed by atoms with E-state index in [2.05, 4.69) is 15.0 Å². The van der Waals surface area contributed by atoms with Crippen molar-refractivity contribution in [3.63, 3.8) is 0 Å². The van der Waals surface area contributed by atoms with E-state index in [1.807, 2.05) is 42.5 Å². The molecule has 3 rings (SSSR count). The van der Waals surface area contributed by atoms with E-state index in [0.29, 0.717) is 18.0 Å². The molecule has 0 saturated heterocycles. The van der Waals surface area contributed by atoms with Crippen LogP contribution in [-0.4, -0.2) is 33.0 Å². The molecule has 2 heterocycles. The van der Waals surface area contributed by atoms with Crippen molar-refractivity contribution in [2.45, 2.75) is 13.2 Å². The third kappa shape index (κ3) is 3.22. The van der Waals surface area contributed by atoms with Crippen molar-refractivity contribution in [3.05, 3.63) is 60.0 Å². The molecule has 0 saturated carbocycles. The molecule has 1 aromatic carbocycles. The minimum atomic E-state index is -0.391. The molecule has 6 heteroatoms. The van der Waals surface area contributed by atoms with Crippen LogP contribution in [0, 0.1) is 0 Å². The first-order chi connectivity index (χ1) is 10.7. The number of pyridine rings is 1. The molecule has 0 aliphatic carbocycles. The van der Waals surface area contributed by atoms with Gasteiger partial charge in [-0.15, -0.1) is 0 Å². The van der Waals surface area contributed by atoms with Crippen LogP contribution in [0.5, 0.6) is 0 Å². The molecule has 0 unspecified atom stereocenters. The van der Waals surface area contributed by atoms with Gasteiger partial charge in [-0.25, -0.2) is 14.8 Å². The standard InChI is InChI=1S/C16H16N4O2/c1-20(16(21)22-11-12-6-3-2-4-7-12)10-14-18-13-8-5-9-17-15(13)19-14/h2-9H,10-11H2,1H3,(H,17,18,19). The van der Waals surface area contributed by atoms with Gasteiger partial charge in [0.2, 0.25) is 0 Å². The predicted octanol–water partition coefficient (Wildman–Crippen LogP) is 2.73. The summed E-state index contributed by atoms with van der Waals surface area (Å²) in [6.07, 6.45) is 1.29. The highest BCUT2D eigenvalue weighted by Crippen LogP contribution is 2.09. The maximum Gasteiger partial charge on any atom is 0.410 e. The topological polar surface area (TPSA) is 71.1 Å². The van der Waals surface area contributed by atoms with E-state index in [0.717, 1.165) is 11.1 Å². The Bertz CT molecular complexity index is 737. The first-order valence-electron chi connectivity index (χ1n) is 6.94. The van der Waals surface area contributed by atoms with E-state index >= 15 is 0 Å². The zero-order valence-corrected chi connectivity index (χ0v) is 12.2. The molecule has 1 N–H and O–H groups in total. The molecular formula is C16H16N4O2. The zero-order valence-electron chi connectivity index (χ0n) is 12.2. The van der Waals surface area contributed by atoms with Crippen LogP contribution in [0.25, 0.3) is 11.2 Å². The Hall–Kier alpha value is -2.89. The molecule has 0 fully saturated rings. The number of aromatic nitrogens is 3. The Morgan fingerprint density at radius 1 is 1.23 bits per heavy atom. The second-order valence-electron chi connectivity index (χ2n) is 4.95. The van der Waals surface area contributed by atoms with E-state index < -0.39 is 6.09 Å². The Morgan fingerprint density at radius 3 is 2.82 bits per heavy atom. The lowest BCUT2D eigenvalue weighted by atomic mass is 10.2. The lowest BCUT2D eigenvalue weighted by Gasteiger charge is -2.15. The van der Waals surface area contributed by atoms with E-state index in [1.54, 1.807) is 13.2 Å². The number of carbonyl (C=O) groups excluding carboxylic acids is 1. The van der Waals surface area contributed by atoms with Crippen LogP contribution in [0.1, 0.15) is 11.4 Å². The van der Waals surface area contributed by atoms with Crippen LogP contribution in [0.3, 0.4) is 0 Å². The molecule has 6 nitrogen and oxygen atoms in total. The summed E-state index contributed by atoms with van der Waals surface area (Å²) in [5, 5.41) is 0. The molecule has 0 aliphatic heterocycles. The van der Waals surface area contributed by atoms with Gasteiger partial charge in [0.05, 0.1) is 12.1 Å². The van der Waals surface area contributed by atoms with E-state index in [-0.39, 0.29) is 6.61 Å². The SMILES string of the molecule is CN(Cc1nc2ncccc2[nH]1)C(=O)OCc1ccccc1. The van der Waals surface area contributed by atoms with Gasteiger partial charge in [0.25, 0.3) is 0 Å². The fourth-order valence-electron chi connectivity index (χ4n) is 2.09. The Kier molecular flexibility index (Phi) is 4.00. The minimum absolute atomic E-state index is 0.256. The molecule has 0 spiro atoms. The average molecular weight is 296 g/mol. The van der Waals surface area contributed by atoms with Crippen molar-refractivity contribution in [2.75, 3.05) is 7.05 Å². The maximum absolute atomic E-state index is 12.0. The van der Waals surface area contributed by atoms with Crippen molar-refractivity contribution in [2.24, 2.45) is 0 Å². The highest BCUT2D eigenvalue weighted by atomic mass is 16.6. The third-order valence-corrected chi connectivity index (χ3v) is 3.21. The summed E-state index contributed by atoms with van der Waals surface area (Å²) in [4.78, 5) is 25.1. The number of rotatable bonds is 4. The van der Waals surface area contributed by atoms with Crippen molar-refractivity contribution >= 4 is 17.3 Å². The average Bonchev–Trinajstić information content (AvgIpc) is 2.95. The summed E-state index contributed by atoms with van der Waals surface area (Å²) in [7, 11) is 1.67. The van der Waals surface area contributed by atoms with E-state index in [4.69, 9.17) is 4.74 Å². The van der Waals surface area contributed by atoms with E-state index in [1.165, 1.54) is 4.90 Å². The molecule has 0 bridgehead atoms. The first-order valence-corrected chi connectivity index (χ1v) is 6.94. The molecule has 1 amide bonds. The van der Waals surface area contributed by atoms with Gasteiger partial charge in [-0.05, 0) is 17.7 Å². The smallest absolute Gasteiger partial charge is 0.410 e. The van der Waals surface area contributed by atoms with Crippen LogP contribution < -0.4 is 0 Å². The number of aromatic amines is 1. The van der Waals surface area contributed by atoms with Gasteiger partial charge in [0, 0.05) is 13.2 Å². The molecule has 0 aliphatic rings. The van der Waals surface area contributed by atoms with Gasteiger partial charge in [-0.3, -0.25) is 0 Å². The molecule has 22 heavy (non-hydrogen) atoms. The summed E-state index contributed by atoms with van der Waals surface area (Å²) in [5.74, 6) is 0.674. The predicted molar refractivity (Wildman–Crippen MR) is 82.0 cm³/mol. The van der Waals surface area contributed by atoms with Gasteiger partial charge in [-0.1, -0.05) is 30.3 Å². The summed E-state index contributed by atoms with van der Waals surface area (Å²) >= 11 is 0. The van der Waals surface area contributed by atoms with Gasteiger partial charge >= 0.3 is 6.09 Å². The van der Waals surface area contributed by atoms with Crippen LogP contribution in [-0.2, 0) is 17.9 Å². The van der Waals surface area contributed by atoms with Crippen LogP contribution in [0.4, 0.5) is 4.79 Å². The lowest BCUT2D eigenvalue weighted by molar-refractivity contribution is 0.102. The summed E-state index contributed by atoms with van der Waals surface area (Å²) in [6.45, 7) is 0.593. The second kappa shape index (κ2) is 6.26. The number of benzene rings is 1. The monoisotopic (exact) mass is 296 g/mol. The molecule has 0 atom stereocenters. The lowest BCUT2D eigenvalue weighted by Crippen LogP contribution is -2.27. The van der Waals surface area contributed by atoms with E-state index in [9.17, 15) is 4.79 Å². The molecule has 3 aromatic rings. The van der Waals surface area contributed by atoms with Crippen LogP contribution >= 0.6 is 0 Å². The number of carbonyl (C=O) groups is 1. The normalized spacial score (nSPS) is 10.6. The number of imidazole rings is 1. The number of amides is 1. The number of H-pyrrole nitrogens is 1. The third-order valence-electron chi connectivity index (χ3n) is 3.21.